The summed E-state index contributed by atoms with van der Waals surface area (Å²) in [7, 11) is 1.65. The summed E-state index contributed by atoms with van der Waals surface area (Å²) in [4.78, 5) is 24.9. The maximum Gasteiger partial charge on any atom is 0.251 e. The van der Waals surface area contributed by atoms with Crippen molar-refractivity contribution in [3.63, 3.8) is 0 Å². The number of carbonyl (C=O) groups excluding carboxylic acids is 2. The van der Waals surface area contributed by atoms with Crippen molar-refractivity contribution >= 4 is 24.2 Å². The van der Waals surface area contributed by atoms with Crippen molar-refractivity contribution in [3.8, 4) is 5.75 Å². The van der Waals surface area contributed by atoms with Crippen molar-refractivity contribution in [1.29, 1.82) is 0 Å². The van der Waals surface area contributed by atoms with Crippen LogP contribution in [0.1, 0.15) is 70.2 Å². The van der Waals surface area contributed by atoms with E-state index in [-0.39, 0.29) is 42.0 Å². The number of rotatable bonds is 18. The fraction of sp³-hybridized carbons (Fsp3) is 0.704. The molecule has 0 aliphatic carbocycles. The van der Waals surface area contributed by atoms with E-state index in [1.165, 1.54) is 0 Å². The van der Waals surface area contributed by atoms with Crippen LogP contribution in [-0.4, -0.2) is 62.5 Å². The Labute approximate surface area is 223 Å². The van der Waals surface area contributed by atoms with Crippen LogP contribution in [0.5, 0.6) is 5.75 Å². The van der Waals surface area contributed by atoms with Gasteiger partial charge in [0, 0.05) is 50.8 Å². The smallest absolute Gasteiger partial charge is 0.251 e. The van der Waals surface area contributed by atoms with Crippen LogP contribution in [0.25, 0.3) is 0 Å². The first-order chi connectivity index (χ1) is 16.7. The van der Waals surface area contributed by atoms with E-state index in [4.69, 9.17) is 15.2 Å². The molecule has 36 heavy (non-hydrogen) atoms. The molecule has 9 heteroatoms. The summed E-state index contributed by atoms with van der Waals surface area (Å²) in [5, 5.41) is 16.5. The van der Waals surface area contributed by atoms with E-state index < -0.39 is 12.1 Å². The fourth-order valence-electron chi connectivity index (χ4n) is 3.75. The SMILES string of the molecule is CCCCNC(=O)C(C)CC(O)C(N)CC(CNC(=O)c1cccc(OCCCOC)c1)C(C)C.Cl. The highest BCUT2D eigenvalue weighted by Gasteiger charge is 2.26. The van der Waals surface area contributed by atoms with Crippen molar-refractivity contribution in [1.82, 2.24) is 10.6 Å². The van der Waals surface area contributed by atoms with Gasteiger partial charge in [0.25, 0.3) is 5.91 Å². The zero-order valence-corrected chi connectivity index (χ0v) is 23.4. The third-order valence-corrected chi connectivity index (χ3v) is 6.27. The molecule has 0 aliphatic rings. The standard InChI is InChI=1S/C27H47N3O5.ClH/c1-6-7-12-29-26(32)20(4)15-25(31)24(28)17-22(19(2)3)18-30-27(33)21-10-8-11-23(16-21)35-14-9-13-34-5;/h8,10-11,16,19-20,22,24-25,31H,6-7,9,12-15,17-18,28H2,1-5H3,(H,29,32)(H,30,33);1H. The number of benzene rings is 1. The Bertz CT molecular complexity index is 750. The molecule has 208 valence electrons. The Kier molecular flexibility index (Phi) is 18.3. The van der Waals surface area contributed by atoms with E-state index in [2.05, 4.69) is 31.4 Å². The lowest BCUT2D eigenvalue weighted by atomic mass is 9.86. The lowest BCUT2D eigenvalue weighted by Crippen LogP contribution is -2.42. The molecule has 2 amide bonds. The van der Waals surface area contributed by atoms with Gasteiger partial charge in [0.2, 0.25) is 5.91 Å². The molecule has 0 aromatic heterocycles. The van der Waals surface area contributed by atoms with E-state index in [1.807, 2.05) is 13.0 Å². The van der Waals surface area contributed by atoms with Crippen LogP contribution in [0.15, 0.2) is 24.3 Å². The normalized spacial score (nSPS) is 14.3. The molecule has 1 rings (SSSR count). The van der Waals surface area contributed by atoms with Crippen molar-refractivity contribution < 1.29 is 24.2 Å². The van der Waals surface area contributed by atoms with Crippen molar-refractivity contribution in [2.75, 3.05) is 33.4 Å². The van der Waals surface area contributed by atoms with Crippen LogP contribution in [0.4, 0.5) is 0 Å². The van der Waals surface area contributed by atoms with Gasteiger partial charge in [-0.1, -0.05) is 40.2 Å². The molecule has 1 aromatic carbocycles. The van der Waals surface area contributed by atoms with Gasteiger partial charge < -0.3 is 30.9 Å². The molecule has 1 aromatic rings. The van der Waals surface area contributed by atoms with Gasteiger partial charge in [-0.3, -0.25) is 9.59 Å². The molecule has 0 radical (unpaired) electrons. The number of methoxy groups -OCH3 is 1. The summed E-state index contributed by atoms with van der Waals surface area (Å²) < 4.78 is 10.7. The van der Waals surface area contributed by atoms with Gasteiger partial charge in [-0.2, -0.15) is 0 Å². The number of aliphatic hydroxyl groups excluding tert-OH is 1. The second-order valence-corrected chi connectivity index (χ2v) is 9.69. The number of unbranched alkanes of at least 4 members (excludes halogenated alkanes) is 1. The van der Waals surface area contributed by atoms with E-state index >= 15 is 0 Å². The van der Waals surface area contributed by atoms with Gasteiger partial charge in [-0.15, -0.1) is 12.4 Å². The summed E-state index contributed by atoms with van der Waals surface area (Å²) >= 11 is 0. The summed E-state index contributed by atoms with van der Waals surface area (Å²) in [6.07, 6.45) is 2.81. The van der Waals surface area contributed by atoms with Crippen molar-refractivity contribution in [2.45, 2.75) is 71.9 Å². The molecular weight excluding hydrogens is 482 g/mol. The second-order valence-electron chi connectivity index (χ2n) is 9.69. The molecule has 5 N–H and O–H groups in total. The lowest BCUT2D eigenvalue weighted by molar-refractivity contribution is -0.125. The molecule has 4 unspecified atom stereocenters. The Morgan fingerprint density at radius 1 is 1.08 bits per heavy atom. The van der Waals surface area contributed by atoms with Crippen LogP contribution in [0, 0.1) is 17.8 Å². The van der Waals surface area contributed by atoms with Gasteiger partial charge in [0.1, 0.15) is 5.75 Å². The quantitative estimate of drug-likeness (QED) is 0.216. The van der Waals surface area contributed by atoms with Gasteiger partial charge in [0.05, 0.1) is 12.7 Å². The topological polar surface area (TPSA) is 123 Å². The summed E-state index contributed by atoms with van der Waals surface area (Å²) in [6.45, 7) is 10.3. The number of ether oxygens (including phenoxy) is 2. The number of hydrogen-bond acceptors (Lipinski definition) is 6. The van der Waals surface area contributed by atoms with Gasteiger partial charge in [-0.05, 0) is 49.3 Å². The highest BCUT2D eigenvalue weighted by molar-refractivity contribution is 5.94. The number of halogens is 1. The number of hydrogen-bond donors (Lipinski definition) is 4. The molecule has 8 nitrogen and oxygen atoms in total. The van der Waals surface area contributed by atoms with E-state index in [0.717, 1.165) is 19.3 Å². The number of carbonyl (C=O) groups is 2. The summed E-state index contributed by atoms with van der Waals surface area (Å²) in [6, 6.07) is 6.63. The second kappa shape index (κ2) is 19.3. The predicted octanol–water partition coefficient (Wildman–Crippen LogP) is 3.55. The Balaban J connectivity index is 0.0000122. The Morgan fingerprint density at radius 2 is 1.81 bits per heavy atom. The van der Waals surface area contributed by atoms with E-state index in [9.17, 15) is 14.7 Å². The third kappa shape index (κ3) is 13.4. The van der Waals surface area contributed by atoms with Gasteiger partial charge in [0.15, 0.2) is 0 Å². The number of aliphatic hydroxyl groups is 1. The minimum Gasteiger partial charge on any atom is -0.493 e. The van der Waals surface area contributed by atoms with Crippen molar-refractivity contribution in [3.05, 3.63) is 29.8 Å². The molecule has 0 saturated heterocycles. The third-order valence-electron chi connectivity index (χ3n) is 6.27. The maximum absolute atomic E-state index is 12.7. The van der Waals surface area contributed by atoms with E-state index in [1.54, 1.807) is 25.3 Å². The predicted molar refractivity (Wildman–Crippen MR) is 147 cm³/mol. The molecular formula is C27H48ClN3O5. The zero-order chi connectivity index (χ0) is 26.2. The highest BCUT2D eigenvalue weighted by atomic mass is 35.5. The molecule has 0 spiro atoms. The van der Waals surface area contributed by atoms with E-state index in [0.29, 0.717) is 50.5 Å². The molecule has 0 aliphatic heterocycles. The summed E-state index contributed by atoms with van der Waals surface area (Å²) in [5.74, 6) is 0.456. The molecule has 0 heterocycles. The first-order valence-corrected chi connectivity index (χ1v) is 12.9. The van der Waals surface area contributed by atoms with Gasteiger partial charge >= 0.3 is 0 Å². The minimum atomic E-state index is -0.786. The van der Waals surface area contributed by atoms with Crippen molar-refractivity contribution in [2.24, 2.45) is 23.5 Å². The monoisotopic (exact) mass is 529 g/mol. The number of nitrogens with two attached hydrogens (primary N) is 1. The highest BCUT2D eigenvalue weighted by Crippen LogP contribution is 2.20. The first-order valence-electron chi connectivity index (χ1n) is 12.9. The fourth-order valence-corrected chi connectivity index (χ4v) is 3.75. The molecule has 0 saturated carbocycles. The molecule has 4 atom stereocenters. The van der Waals surface area contributed by atoms with Gasteiger partial charge in [-0.25, -0.2) is 0 Å². The zero-order valence-electron chi connectivity index (χ0n) is 22.6. The van der Waals surface area contributed by atoms with Crippen LogP contribution in [0.2, 0.25) is 0 Å². The molecule has 0 fully saturated rings. The Hall–Kier alpha value is -1.87. The number of nitrogens with one attached hydrogen (secondary N) is 2. The van der Waals surface area contributed by atoms with Crippen LogP contribution < -0.4 is 21.1 Å². The van der Waals surface area contributed by atoms with Crippen LogP contribution in [-0.2, 0) is 9.53 Å². The maximum atomic E-state index is 12.7. The lowest BCUT2D eigenvalue weighted by Gasteiger charge is -2.28. The average molecular weight is 530 g/mol. The van der Waals surface area contributed by atoms with Crippen LogP contribution in [0.3, 0.4) is 0 Å². The summed E-state index contributed by atoms with van der Waals surface area (Å²) in [5.41, 5.74) is 6.84. The van der Waals surface area contributed by atoms with Crippen LogP contribution >= 0.6 is 12.4 Å². The molecule has 0 bridgehead atoms. The Morgan fingerprint density at radius 3 is 2.44 bits per heavy atom. The minimum absolute atomic E-state index is 0. The first kappa shape index (κ1) is 34.1. The average Bonchev–Trinajstić information content (AvgIpc) is 2.84. The largest absolute Gasteiger partial charge is 0.493 e. The number of amides is 2.